The third-order valence-electron chi connectivity index (χ3n) is 2.09. The molecule has 0 saturated heterocycles. The Morgan fingerprint density at radius 3 is 2.15 bits per heavy atom. The van der Waals surface area contributed by atoms with Crippen LogP contribution >= 0.6 is 0 Å². The van der Waals surface area contributed by atoms with Crippen molar-refractivity contribution in [3.05, 3.63) is 35.9 Å². The fourth-order valence-corrected chi connectivity index (χ4v) is 1.38. The van der Waals surface area contributed by atoms with Gasteiger partial charge in [-0.15, -0.1) is 0 Å². The lowest BCUT2D eigenvalue weighted by atomic mass is 9.97. The van der Waals surface area contributed by atoms with Gasteiger partial charge in [-0.3, -0.25) is 0 Å². The zero-order chi connectivity index (χ0) is 10.1. The lowest BCUT2D eigenvalue weighted by Crippen LogP contribution is -1.91. The molecule has 1 heteroatoms. The molecule has 0 aliphatic carbocycles. The predicted molar refractivity (Wildman–Crippen MR) is 59.9 cm³/mol. The Hall–Kier alpha value is -0.820. The zero-order valence-corrected chi connectivity index (χ0v) is 8.96. The standard InChI is InChI=1S/C11H16.CH5N/c1-3-7-10(2)11-8-5-4-6-9-11;1-2/h4-6,8-10H,3,7H2,1-2H3;2H2,1H3. The molecule has 1 aromatic carbocycles. The van der Waals surface area contributed by atoms with Crippen molar-refractivity contribution in [3.63, 3.8) is 0 Å². The van der Waals surface area contributed by atoms with Gasteiger partial charge in [-0.25, -0.2) is 0 Å². The molecular weight excluding hydrogens is 158 g/mol. The van der Waals surface area contributed by atoms with Crippen LogP contribution in [-0.2, 0) is 0 Å². The molecule has 1 rings (SSSR count). The van der Waals surface area contributed by atoms with Crippen LogP contribution in [0.5, 0.6) is 0 Å². The van der Waals surface area contributed by atoms with Crippen molar-refractivity contribution in [2.45, 2.75) is 32.6 Å². The van der Waals surface area contributed by atoms with Crippen LogP contribution in [0.3, 0.4) is 0 Å². The molecule has 0 saturated carbocycles. The summed E-state index contributed by atoms with van der Waals surface area (Å²) in [5.74, 6) is 0.723. The highest BCUT2D eigenvalue weighted by molar-refractivity contribution is 5.18. The van der Waals surface area contributed by atoms with Gasteiger partial charge in [-0.1, -0.05) is 50.6 Å². The summed E-state index contributed by atoms with van der Waals surface area (Å²) in [7, 11) is 1.50. The van der Waals surface area contributed by atoms with Crippen molar-refractivity contribution < 1.29 is 0 Å². The molecule has 1 atom stereocenters. The molecule has 0 radical (unpaired) electrons. The molecule has 1 nitrogen and oxygen atoms in total. The van der Waals surface area contributed by atoms with Gasteiger partial charge in [0.1, 0.15) is 0 Å². The molecule has 1 unspecified atom stereocenters. The van der Waals surface area contributed by atoms with E-state index in [2.05, 4.69) is 49.9 Å². The average Bonchev–Trinajstić information content (AvgIpc) is 2.23. The first kappa shape index (κ1) is 12.2. The number of hydrogen-bond donors (Lipinski definition) is 1. The molecule has 2 N–H and O–H groups in total. The lowest BCUT2D eigenvalue weighted by molar-refractivity contribution is 0.665. The lowest BCUT2D eigenvalue weighted by Gasteiger charge is -2.08. The van der Waals surface area contributed by atoms with E-state index in [1.165, 1.54) is 25.5 Å². The minimum Gasteiger partial charge on any atom is -0.333 e. The van der Waals surface area contributed by atoms with E-state index in [0.717, 1.165) is 5.92 Å². The first-order valence-corrected chi connectivity index (χ1v) is 4.97. The van der Waals surface area contributed by atoms with Crippen LogP contribution in [0.1, 0.15) is 38.2 Å². The molecule has 0 amide bonds. The van der Waals surface area contributed by atoms with Gasteiger partial charge in [0.05, 0.1) is 0 Å². The van der Waals surface area contributed by atoms with Gasteiger partial charge in [0.2, 0.25) is 0 Å². The Morgan fingerprint density at radius 1 is 1.15 bits per heavy atom. The summed E-state index contributed by atoms with van der Waals surface area (Å²) >= 11 is 0. The molecule has 0 aliphatic rings. The van der Waals surface area contributed by atoms with Crippen molar-refractivity contribution in [1.29, 1.82) is 0 Å². The fourth-order valence-electron chi connectivity index (χ4n) is 1.38. The number of nitrogens with two attached hydrogens (primary N) is 1. The quantitative estimate of drug-likeness (QED) is 0.757. The zero-order valence-electron chi connectivity index (χ0n) is 8.96. The van der Waals surface area contributed by atoms with E-state index in [1.54, 1.807) is 0 Å². The first-order valence-electron chi connectivity index (χ1n) is 4.97. The molecule has 0 aromatic heterocycles. The van der Waals surface area contributed by atoms with Crippen molar-refractivity contribution in [1.82, 2.24) is 0 Å². The highest BCUT2D eigenvalue weighted by Crippen LogP contribution is 2.19. The number of rotatable bonds is 3. The summed E-state index contributed by atoms with van der Waals surface area (Å²) in [6.45, 7) is 4.53. The van der Waals surface area contributed by atoms with E-state index < -0.39 is 0 Å². The van der Waals surface area contributed by atoms with Crippen LogP contribution in [0.2, 0.25) is 0 Å². The van der Waals surface area contributed by atoms with Gasteiger partial charge in [0.25, 0.3) is 0 Å². The van der Waals surface area contributed by atoms with Crippen molar-refractivity contribution in [3.8, 4) is 0 Å². The highest BCUT2D eigenvalue weighted by Gasteiger charge is 2.01. The molecule has 0 aliphatic heterocycles. The van der Waals surface area contributed by atoms with Crippen molar-refractivity contribution in [2.24, 2.45) is 5.73 Å². The smallest absolute Gasteiger partial charge is 0.0190 e. The second-order valence-corrected chi connectivity index (χ2v) is 3.10. The van der Waals surface area contributed by atoms with Crippen molar-refractivity contribution in [2.75, 3.05) is 7.05 Å². The number of benzene rings is 1. The maximum absolute atomic E-state index is 4.50. The van der Waals surface area contributed by atoms with Gasteiger partial charge in [0, 0.05) is 0 Å². The monoisotopic (exact) mass is 179 g/mol. The van der Waals surface area contributed by atoms with Crippen LogP contribution < -0.4 is 5.73 Å². The van der Waals surface area contributed by atoms with Crippen LogP contribution in [0, 0.1) is 0 Å². The molecule has 0 spiro atoms. The number of hydrogen-bond acceptors (Lipinski definition) is 1. The normalized spacial score (nSPS) is 11.4. The maximum Gasteiger partial charge on any atom is -0.0190 e. The molecule has 0 heterocycles. The SMILES string of the molecule is CCCC(C)c1ccccc1.CN. The first-order chi connectivity index (χ1) is 6.34. The summed E-state index contributed by atoms with van der Waals surface area (Å²) in [6, 6.07) is 10.7. The van der Waals surface area contributed by atoms with E-state index in [4.69, 9.17) is 0 Å². The summed E-state index contributed by atoms with van der Waals surface area (Å²) in [6.07, 6.45) is 2.57. The topological polar surface area (TPSA) is 26.0 Å². The second-order valence-electron chi connectivity index (χ2n) is 3.10. The van der Waals surface area contributed by atoms with Gasteiger partial charge in [-0.05, 0) is 24.9 Å². The third kappa shape index (κ3) is 4.69. The van der Waals surface area contributed by atoms with E-state index >= 15 is 0 Å². The summed E-state index contributed by atoms with van der Waals surface area (Å²) in [5.41, 5.74) is 5.97. The average molecular weight is 179 g/mol. The van der Waals surface area contributed by atoms with Crippen LogP contribution in [0.15, 0.2) is 30.3 Å². The molecule has 74 valence electrons. The molecular formula is C12H21N. The minimum absolute atomic E-state index is 0.723. The van der Waals surface area contributed by atoms with Gasteiger partial charge < -0.3 is 5.73 Å². The van der Waals surface area contributed by atoms with Crippen LogP contribution in [0.4, 0.5) is 0 Å². The Labute approximate surface area is 82.0 Å². The Morgan fingerprint density at radius 2 is 1.69 bits per heavy atom. The Balaban J connectivity index is 0.000000671. The van der Waals surface area contributed by atoms with Crippen LogP contribution in [0.25, 0.3) is 0 Å². The minimum atomic E-state index is 0.723. The maximum atomic E-state index is 4.50. The van der Waals surface area contributed by atoms with Gasteiger partial charge in [0.15, 0.2) is 0 Å². The van der Waals surface area contributed by atoms with E-state index in [-0.39, 0.29) is 0 Å². The van der Waals surface area contributed by atoms with E-state index in [0.29, 0.717) is 0 Å². The summed E-state index contributed by atoms with van der Waals surface area (Å²) in [5, 5.41) is 0. The van der Waals surface area contributed by atoms with E-state index in [9.17, 15) is 0 Å². The second kappa shape index (κ2) is 7.81. The highest BCUT2D eigenvalue weighted by atomic mass is 14.4. The van der Waals surface area contributed by atoms with Gasteiger partial charge in [-0.2, -0.15) is 0 Å². The fraction of sp³-hybridized carbons (Fsp3) is 0.500. The molecule has 0 bridgehead atoms. The van der Waals surface area contributed by atoms with Crippen molar-refractivity contribution >= 4 is 0 Å². The molecule has 13 heavy (non-hydrogen) atoms. The predicted octanol–water partition coefficient (Wildman–Crippen LogP) is 3.17. The van der Waals surface area contributed by atoms with Gasteiger partial charge >= 0.3 is 0 Å². The largest absolute Gasteiger partial charge is 0.333 e. The Kier molecular flexibility index (Phi) is 7.32. The van der Waals surface area contributed by atoms with Crippen LogP contribution in [-0.4, -0.2) is 7.05 Å². The summed E-state index contributed by atoms with van der Waals surface area (Å²) in [4.78, 5) is 0. The third-order valence-corrected chi connectivity index (χ3v) is 2.09. The molecule has 0 fully saturated rings. The summed E-state index contributed by atoms with van der Waals surface area (Å²) < 4.78 is 0. The molecule has 1 aromatic rings. The van der Waals surface area contributed by atoms with E-state index in [1.807, 2.05) is 0 Å². The Bertz CT molecular complexity index is 194.